The molecular formula is C30H24N2O2. The number of methoxy groups -OCH3 is 1. The quantitative estimate of drug-likeness (QED) is 0.487. The molecule has 0 aliphatic heterocycles. The second kappa shape index (κ2) is 8.32. The fraction of sp³-hybridized carbons (Fsp3) is 0.233. The Morgan fingerprint density at radius 3 is 1.91 bits per heavy atom. The molecule has 2 aliphatic rings. The van der Waals surface area contributed by atoms with E-state index in [2.05, 4.69) is 36.4 Å². The van der Waals surface area contributed by atoms with Gasteiger partial charge in [-0.05, 0) is 40.9 Å². The summed E-state index contributed by atoms with van der Waals surface area (Å²) in [4.78, 5) is 13.0. The topological polar surface area (TPSA) is 73.9 Å². The number of hydrogen-bond acceptors (Lipinski definition) is 4. The Kier molecular flexibility index (Phi) is 5.31. The predicted molar refractivity (Wildman–Crippen MR) is 128 cm³/mol. The minimum absolute atomic E-state index is 0.0213. The van der Waals surface area contributed by atoms with Crippen LogP contribution in [0.1, 0.15) is 34.9 Å². The molecule has 2 aliphatic carbocycles. The van der Waals surface area contributed by atoms with Crippen LogP contribution in [0.3, 0.4) is 0 Å². The normalized spacial score (nSPS) is 26.6. The van der Waals surface area contributed by atoms with Crippen molar-refractivity contribution in [3.05, 3.63) is 119 Å². The maximum Gasteiger partial charge on any atom is 0.336 e. The van der Waals surface area contributed by atoms with E-state index in [4.69, 9.17) is 4.74 Å². The Morgan fingerprint density at radius 1 is 0.853 bits per heavy atom. The fourth-order valence-electron chi connectivity index (χ4n) is 6.44. The van der Waals surface area contributed by atoms with Gasteiger partial charge in [0, 0.05) is 5.41 Å². The molecule has 4 heteroatoms. The standard InChI is InChI=1S/C30H24N2O2/c1-34-28(33)26-17-25-27(22-13-7-3-8-14-22)24(21-11-5-2-6-12-21)18-30(25,29(26,19-31)20-32)23-15-9-4-10-16-23/h2-17,24-25,27H,18H2,1H3/t24-,25+,27-,30+/m1/s1. The van der Waals surface area contributed by atoms with Crippen LogP contribution in [-0.2, 0) is 14.9 Å². The highest BCUT2D eigenvalue weighted by atomic mass is 16.5. The van der Waals surface area contributed by atoms with E-state index in [9.17, 15) is 15.3 Å². The number of benzene rings is 3. The lowest BCUT2D eigenvalue weighted by atomic mass is 9.57. The van der Waals surface area contributed by atoms with Gasteiger partial charge in [0.05, 0.1) is 24.8 Å². The van der Waals surface area contributed by atoms with Gasteiger partial charge in [-0.25, -0.2) is 4.79 Å². The summed E-state index contributed by atoms with van der Waals surface area (Å²) in [5, 5.41) is 21.2. The highest BCUT2D eigenvalue weighted by molar-refractivity contribution is 5.94. The molecule has 0 saturated heterocycles. The van der Waals surface area contributed by atoms with Crippen molar-refractivity contribution in [3.63, 3.8) is 0 Å². The highest BCUT2D eigenvalue weighted by Gasteiger charge is 2.71. The second-order valence-electron chi connectivity index (χ2n) is 9.07. The molecule has 0 bridgehead atoms. The van der Waals surface area contributed by atoms with E-state index in [1.54, 1.807) is 0 Å². The van der Waals surface area contributed by atoms with Crippen LogP contribution in [0.5, 0.6) is 0 Å². The summed E-state index contributed by atoms with van der Waals surface area (Å²) in [5.41, 5.74) is 0.786. The summed E-state index contributed by atoms with van der Waals surface area (Å²) < 4.78 is 5.08. The van der Waals surface area contributed by atoms with Crippen molar-refractivity contribution in [3.8, 4) is 12.1 Å². The maximum atomic E-state index is 13.0. The molecule has 3 aromatic carbocycles. The largest absolute Gasteiger partial charge is 0.466 e. The third kappa shape index (κ3) is 2.86. The van der Waals surface area contributed by atoms with Crippen molar-refractivity contribution in [2.24, 2.45) is 11.3 Å². The summed E-state index contributed by atoms with van der Waals surface area (Å²) in [6, 6.07) is 34.9. The van der Waals surface area contributed by atoms with E-state index in [0.717, 1.165) is 11.1 Å². The summed E-state index contributed by atoms with van der Waals surface area (Å²) in [7, 11) is 1.30. The third-order valence-electron chi connectivity index (χ3n) is 7.79. The molecule has 0 spiro atoms. The van der Waals surface area contributed by atoms with Crippen molar-refractivity contribution >= 4 is 5.97 Å². The molecule has 5 rings (SSSR count). The van der Waals surface area contributed by atoms with Gasteiger partial charge in [0.1, 0.15) is 0 Å². The number of hydrogen-bond donors (Lipinski definition) is 0. The lowest BCUT2D eigenvalue weighted by Gasteiger charge is -2.40. The highest BCUT2D eigenvalue weighted by Crippen LogP contribution is 2.70. The number of carbonyl (C=O) groups is 1. The SMILES string of the molecule is COC(=O)C1=C[C@H]2[C@H](c3ccccc3)[C@@H](c3ccccc3)C[C@@]2(c2ccccc2)C1(C#N)C#N. The molecule has 1 saturated carbocycles. The van der Waals surface area contributed by atoms with Crippen molar-refractivity contribution in [1.29, 1.82) is 10.5 Å². The second-order valence-corrected chi connectivity index (χ2v) is 9.07. The van der Waals surface area contributed by atoms with Crippen molar-refractivity contribution in [2.45, 2.75) is 23.7 Å². The predicted octanol–water partition coefficient (Wildman–Crippen LogP) is 5.66. The number of allylic oxidation sites excluding steroid dienone is 1. The lowest BCUT2D eigenvalue weighted by molar-refractivity contribution is -0.137. The average Bonchev–Trinajstić information content (AvgIpc) is 3.40. The zero-order valence-corrected chi connectivity index (χ0v) is 18.9. The van der Waals surface area contributed by atoms with E-state index in [1.807, 2.05) is 72.8 Å². The van der Waals surface area contributed by atoms with Gasteiger partial charge < -0.3 is 4.74 Å². The maximum absolute atomic E-state index is 13.0. The van der Waals surface area contributed by atoms with Crippen molar-refractivity contribution in [1.82, 2.24) is 0 Å². The van der Waals surface area contributed by atoms with Gasteiger partial charge in [0.15, 0.2) is 5.41 Å². The van der Waals surface area contributed by atoms with E-state index >= 15 is 0 Å². The molecule has 4 atom stereocenters. The van der Waals surface area contributed by atoms with Gasteiger partial charge in [0.2, 0.25) is 0 Å². The molecule has 3 aromatic rings. The molecule has 0 radical (unpaired) electrons. The van der Waals surface area contributed by atoms with E-state index in [1.165, 1.54) is 12.7 Å². The Labute approximate surface area is 199 Å². The monoisotopic (exact) mass is 444 g/mol. The Bertz CT molecular complexity index is 1300. The molecule has 0 N–H and O–H groups in total. The smallest absolute Gasteiger partial charge is 0.336 e. The molecular weight excluding hydrogens is 420 g/mol. The molecule has 34 heavy (non-hydrogen) atoms. The molecule has 0 aromatic heterocycles. The molecule has 4 nitrogen and oxygen atoms in total. The van der Waals surface area contributed by atoms with Crippen LogP contribution < -0.4 is 0 Å². The number of rotatable bonds is 4. The van der Waals surface area contributed by atoms with Crippen molar-refractivity contribution in [2.75, 3.05) is 7.11 Å². The van der Waals surface area contributed by atoms with Crippen LogP contribution in [0.15, 0.2) is 103 Å². The molecule has 0 unspecified atom stereocenters. The number of esters is 1. The number of nitrogens with zero attached hydrogens (tertiary/aromatic N) is 2. The van der Waals surface area contributed by atoms with Gasteiger partial charge in [-0.3, -0.25) is 0 Å². The first-order valence-electron chi connectivity index (χ1n) is 11.4. The summed E-state index contributed by atoms with van der Waals surface area (Å²) in [6.07, 6.45) is 2.43. The Morgan fingerprint density at radius 2 is 1.38 bits per heavy atom. The van der Waals surface area contributed by atoms with Crippen LogP contribution in [-0.4, -0.2) is 13.1 Å². The van der Waals surface area contributed by atoms with Crippen LogP contribution in [0.25, 0.3) is 0 Å². The van der Waals surface area contributed by atoms with E-state index in [-0.39, 0.29) is 23.3 Å². The molecule has 1 fully saturated rings. The minimum Gasteiger partial charge on any atom is -0.466 e. The number of ether oxygens (including phenoxy) is 1. The van der Waals surface area contributed by atoms with Gasteiger partial charge in [-0.1, -0.05) is 97.1 Å². The lowest BCUT2D eigenvalue weighted by Crippen LogP contribution is -2.45. The summed E-state index contributed by atoms with van der Waals surface area (Å²) in [6.45, 7) is 0. The number of carbonyl (C=O) groups excluding carboxylic acids is 1. The summed E-state index contributed by atoms with van der Waals surface area (Å²) >= 11 is 0. The van der Waals surface area contributed by atoms with Crippen LogP contribution in [0, 0.1) is 34.0 Å². The zero-order chi connectivity index (χ0) is 23.8. The number of fused-ring (bicyclic) bond motifs is 1. The van der Waals surface area contributed by atoms with Gasteiger partial charge >= 0.3 is 5.97 Å². The first-order chi connectivity index (χ1) is 16.6. The first kappa shape index (κ1) is 21.7. The Hall–Kier alpha value is -4.15. The average molecular weight is 445 g/mol. The van der Waals surface area contributed by atoms with Gasteiger partial charge in [0.25, 0.3) is 0 Å². The molecule has 0 amide bonds. The van der Waals surface area contributed by atoms with Crippen LogP contribution in [0.4, 0.5) is 0 Å². The van der Waals surface area contributed by atoms with Gasteiger partial charge in [-0.15, -0.1) is 0 Å². The van der Waals surface area contributed by atoms with Crippen LogP contribution >= 0.6 is 0 Å². The minimum atomic E-state index is -1.66. The molecule has 0 heterocycles. The van der Waals surface area contributed by atoms with E-state index in [0.29, 0.717) is 6.42 Å². The van der Waals surface area contributed by atoms with Crippen LogP contribution in [0.2, 0.25) is 0 Å². The van der Waals surface area contributed by atoms with Crippen molar-refractivity contribution < 1.29 is 9.53 Å². The van der Waals surface area contributed by atoms with Gasteiger partial charge in [-0.2, -0.15) is 10.5 Å². The van der Waals surface area contributed by atoms with E-state index < -0.39 is 16.8 Å². The number of nitriles is 2. The first-order valence-corrected chi connectivity index (χ1v) is 11.4. The summed E-state index contributed by atoms with van der Waals surface area (Å²) in [5.74, 6) is -0.816. The zero-order valence-electron chi connectivity index (χ0n) is 18.9. The Balaban J connectivity index is 1.84. The third-order valence-corrected chi connectivity index (χ3v) is 7.79. The molecule has 166 valence electrons. The fourth-order valence-corrected chi connectivity index (χ4v) is 6.44.